The summed E-state index contributed by atoms with van der Waals surface area (Å²) in [5, 5.41) is 17.0. The van der Waals surface area contributed by atoms with Gasteiger partial charge in [-0.05, 0) is 74.6 Å². The lowest BCUT2D eigenvalue weighted by molar-refractivity contribution is -0.135. The van der Waals surface area contributed by atoms with Crippen LogP contribution in [0.4, 0.5) is 5.95 Å². The molecular weight excluding hydrogens is 883 g/mol. The Hall–Kier alpha value is -5.05. The van der Waals surface area contributed by atoms with E-state index in [9.17, 15) is 19.5 Å². The average molecular weight is 954 g/mol. The number of amides is 2. The monoisotopic (exact) mass is 954 g/mol. The molecular formula is C51H71N9O9. The Morgan fingerprint density at radius 3 is 2.22 bits per heavy atom. The first-order valence-corrected chi connectivity index (χ1v) is 24.9. The molecule has 3 fully saturated rings. The summed E-state index contributed by atoms with van der Waals surface area (Å²) in [6.07, 6.45) is 9.42. The predicted molar refractivity (Wildman–Crippen MR) is 263 cm³/mol. The van der Waals surface area contributed by atoms with Crippen LogP contribution in [0, 0.1) is 0 Å². The van der Waals surface area contributed by atoms with Crippen molar-refractivity contribution in [2.75, 3.05) is 105 Å². The largest absolute Gasteiger partial charge is 0.393 e. The molecule has 2 saturated heterocycles. The number of imidazole rings is 1. The van der Waals surface area contributed by atoms with E-state index in [2.05, 4.69) is 67.4 Å². The first kappa shape index (κ1) is 50.3. The van der Waals surface area contributed by atoms with Crippen LogP contribution in [0.15, 0.2) is 59.7 Å². The standard InChI is InChI=1S/C51H71N9O9/c1-36(35-65-3)53-50-52-32-42-43(34-59(48(42)55-50)40-13-15-41(61)16-14-40)38-11-9-37(10-12-38)33-58-21-19-57(20-22-58)23-25-67-27-29-69-31-30-68-28-26-66-24-5-7-39-6-4-8-44-47(39)56(2)51(64)60(44)45-17-18-46(62)54-49(45)63/h4,6,8-12,32,34,36,40-41,45,61H,5,7,13-31,33,35H2,1-3H3,(H,52,53,55)(H,54,62,63)/t36-,40?,41?,45?/m1/s1. The van der Waals surface area contributed by atoms with Gasteiger partial charge in [-0.25, -0.2) is 9.78 Å². The Bertz CT molecular complexity index is 2510. The van der Waals surface area contributed by atoms with Gasteiger partial charge in [0.25, 0.3) is 0 Å². The third-order valence-electron chi connectivity index (χ3n) is 13.7. The van der Waals surface area contributed by atoms with E-state index in [4.69, 9.17) is 28.7 Å². The number of aliphatic hydroxyl groups excluding tert-OH is 1. The van der Waals surface area contributed by atoms with Gasteiger partial charge < -0.3 is 38.7 Å². The first-order chi connectivity index (χ1) is 33.7. The number of hydrogen-bond acceptors (Lipinski definition) is 14. The lowest BCUT2D eigenvalue weighted by Gasteiger charge is -2.34. The molecule has 374 valence electrons. The molecule has 18 heteroatoms. The van der Waals surface area contributed by atoms with Gasteiger partial charge in [0, 0.05) is 102 Å². The highest BCUT2D eigenvalue weighted by molar-refractivity contribution is 6.00. The fourth-order valence-electron chi connectivity index (χ4n) is 9.95. The number of ether oxygens (including phenoxy) is 5. The predicted octanol–water partition coefficient (Wildman–Crippen LogP) is 4.47. The number of methoxy groups -OCH3 is 1. The molecule has 2 aromatic carbocycles. The van der Waals surface area contributed by atoms with Crippen molar-refractivity contribution in [3.8, 4) is 11.1 Å². The maximum Gasteiger partial charge on any atom is 0.329 e. The van der Waals surface area contributed by atoms with Crippen LogP contribution < -0.4 is 16.3 Å². The molecule has 5 heterocycles. The van der Waals surface area contributed by atoms with Crippen LogP contribution in [0.25, 0.3) is 33.2 Å². The van der Waals surface area contributed by atoms with Crippen molar-refractivity contribution in [1.82, 2.24) is 38.8 Å². The van der Waals surface area contributed by atoms with Gasteiger partial charge >= 0.3 is 5.69 Å². The first-order valence-electron chi connectivity index (χ1n) is 24.9. The number of benzene rings is 2. The number of aromatic nitrogens is 5. The Kier molecular flexibility index (Phi) is 18.0. The second-order valence-electron chi connectivity index (χ2n) is 18.7. The summed E-state index contributed by atoms with van der Waals surface area (Å²) in [5.41, 5.74) is 6.74. The van der Waals surface area contributed by atoms with Crippen LogP contribution in [-0.2, 0) is 53.3 Å². The number of nitrogens with one attached hydrogen (secondary N) is 2. The zero-order chi connectivity index (χ0) is 48.1. The zero-order valence-corrected chi connectivity index (χ0v) is 40.6. The molecule has 5 aromatic rings. The molecule has 2 aliphatic heterocycles. The summed E-state index contributed by atoms with van der Waals surface area (Å²) in [5.74, 6) is -0.145. The van der Waals surface area contributed by atoms with Crippen molar-refractivity contribution in [3.63, 3.8) is 0 Å². The molecule has 0 spiro atoms. The topological polar surface area (TPSA) is 189 Å². The van der Waals surface area contributed by atoms with Gasteiger partial charge in [0.15, 0.2) is 0 Å². The summed E-state index contributed by atoms with van der Waals surface area (Å²) < 4.78 is 33.8. The number of carbonyl (C=O) groups excluding carboxylic acids is 2. The van der Waals surface area contributed by atoms with Crippen molar-refractivity contribution >= 4 is 39.8 Å². The minimum atomic E-state index is -0.699. The quantitative estimate of drug-likeness (QED) is 0.0549. The lowest BCUT2D eigenvalue weighted by atomic mass is 9.93. The number of hydrogen-bond donors (Lipinski definition) is 3. The number of rotatable bonds is 25. The van der Waals surface area contributed by atoms with E-state index in [1.165, 1.54) is 10.1 Å². The van der Waals surface area contributed by atoms with E-state index in [1.807, 2.05) is 24.4 Å². The fourth-order valence-corrected chi connectivity index (χ4v) is 9.95. The molecule has 8 rings (SSSR count). The van der Waals surface area contributed by atoms with Gasteiger partial charge in [-0.2, -0.15) is 4.98 Å². The minimum Gasteiger partial charge on any atom is -0.393 e. The van der Waals surface area contributed by atoms with Crippen LogP contribution in [-0.4, -0.2) is 162 Å². The number of piperidine rings is 1. The van der Waals surface area contributed by atoms with E-state index in [1.54, 1.807) is 18.7 Å². The Balaban J connectivity index is 0.664. The van der Waals surface area contributed by atoms with Gasteiger partial charge in [0.2, 0.25) is 17.8 Å². The van der Waals surface area contributed by atoms with Gasteiger partial charge in [-0.3, -0.25) is 33.8 Å². The van der Waals surface area contributed by atoms with Gasteiger partial charge in [-0.1, -0.05) is 36.4 Å². The summed E-state index contributed by atoms with van der Waals surface area (Å²) in [6, 6.07) is 14.4. The maximum absolute atomic E-state index is 13.2. The Morgan fingerprint density at radius 1 is 0.841 bits per heavy atom. The minimum absolute atomic E-state index is 0.0827. The van der Waals surface area contributed by atoms with E-state index in [-0.39, 0.29) is 36.2 Å². The van der Waals surface area contributed by atoms with E-state index in [0.717, 1.165) is 105 Å². The molecule has 1 saturated carbocycles. The molecule has 3 aromatic heterocycles. The van der Waals surface area contributed by atoms with Crippen LogP contribution in [0.5, 0.6) is 0 Å². The number of para-hydroxylation sites is 1. The number of aliphatic hydroxyl groups is 1. The normalized spacial score (nSPS) is 20.0. The Labute approximate surface area is 404 Å². The molecule has 1 aliphatic carbocycles. The molecule has 3 N–H and O–H groups in total. The van der Waals surface area contributed by atoms with Crippen LogP contribution in [0.3, 0.4) is 0 Å². The number of anilines is 1. The van der Waals surface area contributed by atoms with Gasteiger partial charge in [0.1, 0.15) is 11.7 Å². The third-order valence-corrected chi connectivity index (χ3v) is 13.7. The molecule has 2 amide bonds. The maximum atomic E-state index is 13.2. The summed E-state index contributed by atoms with van der Waals surface area (Å²) in [7, 11) is 3.41. The fraction of sp³-hybridized carbons (Fsp3) is 0.588. The molecule has 3 aliphatic rings. The van der Waals surface area contributed by atoms with Gasteiger partial charge in [0.05, 0.1) is 70.0 Å². The highest BCUT2D eigenvalue weighted by Crippen LogP contribution is 2.37. The lowest BCUT2D eigenvalue weighted by Crippen LogP contribution is -2.46. The summed E-state index contributed by atoms with van der Waals surface area (Å²) in [4.78, 5) is 52.0. The average Bonchev–Trinajstić information content (AvgIpc) is 3.85. The molecule has 0 radical (unpaired) electrons. The van der Waals surface area contributed by atoms with Crippen molar-refractivity contribution in [3.05, 3.63) is 76.5 Å². The smallest absolute Gasteiger partial charge is 0.329 e. The second kappa shape index (κ2) is 24.7. The highest BCUT2D eigenvalue weighted by Gasteiger charge is 2.32. The zero-order valence-electron chi connectivity index (χ0n) is 40.6. The van der Waals surface area contributed by atoms with Crippen LogP contribution >= 0.6 is 0 Å². The number of nitrogens with zero attached hydrogens (tertiary/aromatic N) is 7. The van der Waals surface area contributed by atoms with Crippen LogP contribution in [0.1, 0.15) is 75.1 Å². The van der Waals surface area contributed by atoms with Gasteiger partial charge in [-0.15, -0.1) is 0 Å². The highest BCUT2D eigenvalue weighted by atomic mass is 16.6. The second-order valence-corrected chi connectivity index (χ2v) is 18.7. The number of aryl methyl sites for hydroxylation is 2. The number of fused-ring (bicyclic) bond motifs is 2. The van der Waals surface area contributed by atoms with Crippen molar-refractivity contribution in [2.45, 2.75) is 89.1 Å². The summed E-state index contributed by atoms with van der Waals surface area (Å²) in [6.45, 7) is 12.7. The van der Waals surface area contributed by atoms with E-state index in [0.29, 0.717) is 83.8 Å². The van der Waals surface area contributed by atoms with E-state index < -0.39 is 11.9 Å². The van der Waals surface area contributed by atoms with Crippen LogP contribution in [0.2, 0.25) is 0 Å². The number of imide groups is 1. The number of piperazine rings is 1. The molecule has 18 nitrogen and oxygen atoms in total. The molecule has 1 unspecified atom stereocenters. The van der Waals surface area contributed by atoms with E-state index >= 15 is 0 Å². The SMILES string of the molecule is COC[C@@H](C)Nc1ncc2c(-c3ccc(CN4CCN(CCOCCOCCOCCOCCCc5cccc6c5n(C)c(=O)n6C5CCC(=O)NC5=O)CC4)cc3)cn(C3CCC(O)CC3)c2n1. The number of carbonyl (C=O) groups is 2. The Morgan fingerprint density at radius 2 is 1.52 bits per heavy atom. The molecule has 0 bridgehead atoms. The van der Waals surface area contributed by atoms with Crippen molar-refractivity contribution in [1.29, 1.82) is 0 Å². The third kappa shape index (κ3) is 13.0. The summed E-state index contributed by atoms with van der Waals surface area (Å²) >= 11 is 0. The van der Waals surface area contributed by atoms with Crippen molar-refractivity contribution in [2.24, 2.45) is 7.05 Å². The van der Waals surface area contributed by atoms with Crippen molar-refractivity contribution < 1.29 is 38.4 Å². The molecule has 69 heavy (non-hydrogen) atoms. The molecule has 2 atom stereocenters.